The highest BCUT2D eigenvalue weighted by Crippen LogP contribution is 1.91. The number of ether oxygens (including phenoxy) is 2. The van der Waals surface area contributed by atoms with E-state index in [0.29, 0.717) is 0 Å². The van der Waals surface area contributed by atoms with Crippen LogP contribution in [-0.4, -0.2) is 26.7 Å². The van der Waals surface area contributed by atoms with Crippen LogP contribution in [0.4, 0.5) is 4.79 Å². The van der Waals surface area contributed by atoms with Gasteiger partial charge in [0.2, 0.25) is 0 Å². The summed E-state index contributed by atoms with van der Waals surface area (Å²) in [6, 6.07) is 9.10. The number of carbonyl (C=O) groups is 2. The molecule has 1 aromatic rings. The Morgan fingerprint density at radius 3 is 1.69 bits per heavy atom. The van der Waals surface area contributed by atoms with Gasteiger partial charge in [-0.3, -0.25) is 4.79 Å². The van der Waals surface area contributed by atoms with Gasteiger partial charge in [0.05, 0.1) is 14.2 Å². The van der Waals surface area contributed by atoms with E-state index in [2.05, 4.69) is 9.47 Å². The Morgan fingerprint density at radius 1 is 1.06 bits per heavy atom. The summed E-state index contributed by atoms with van der Waals surface area (Å²) in [7, 11) is 2.51. The summed E-state index contributed by atoms with van der Waals surface area (Å²) < 4.78 is 8.08. The van der Waals surface area contributed by atoms with Crippen molar-refractivity contribution in [2.45, 2.75) is 13.8 Å². The van der Waals surface area contributed by atoms with Gasteiger partial charge in [-0.2, -0.15) is 0 Å². The lowest BCUT2D eigenvalue weighted by atomic mass is 10.2. The van der Waals surface area contributed by atoms with Crippen LogP contribution in [0.25, 0.3) is 0 Å². The molecule has 0 saturated heterocycles. The molecule has 0 heterocycles. The topological polar surface area (TPSA) is 52.6 Å². The van der Waals surface area contributed by atoms with Crippen LogP contribution < -0.4 is 0 Å². The summed E-state index contributed by atoms with van der Waals surface area (Å²) in [5.74, 6) is 0. The van der Waals surface area contributed by atoms with E-state index in [1.54, 1.807) is 12.1 Å². The zero-order valence-corrected chi connectivity index (χ0v) is 10.1. The van der Waals surface area contributed by atoms with Crippen LogP contribution in [-0.2, 0) is 9.47 Å². The first-order chi connectivity index (χ1) is 7.74. The van der Waals surface area contributed by atoms with E-state index in [0.717, 1.165) is 11.8 Å². The van der Waals surface area contributed by atoms with Crippen molar-refractivity contribution >= 4 is 12.4 Å². The average Bonchev–Trinajstić information content (AvgIpc) is 2.41. The standard InChI is InChI=1S/C7H6O.C3H6O3.C2H6/c8-6-7-4-2-1-3-5-7;1-5-3(4)6-2;1-2/h1-6H;1-2H3;1-2H3. The molecular formula is C12H18O4. The third-order valence-electron chi connectivity index (χ3n) is 1.27. The van der Waals surface area contributed by atoms with Gasteiger partial charge in [0.1, 0.15) is 6.29 Å². The second-order valence-electron chi connectivity index (χ2n) is 2.19. The average molecular weight is 226 g/mol. The summed E-state index contributed by atoms with van der Waals surface area (Å²) in [4.78, 5) is 19.7. The fraction of sp³-hybridized carbons (Fsp3) is 0.333. The maximum absolute atomic E-state index is 10.0. The minimum Gasteiger partial charge on any atom is -0.438 e. The maximum atomic E-state index is 10.0. The van der Waals surface area contributed by atoms with Crippen molar-refractivity contribution in [1.29, 1.82) is 0 Å². The van der Waals surface area contributed by atoms with E-state index in [4.69, 9.17) is 0 Å². The predicted molar refractivity (Wildman–Crippen MR) is 62.6 cm³/mol. The first-order valence-electron chi connectivity index (χ1n) is 4.86. The Morgan fingerprint density at radius 2 is 1.50 bits per heavy atom. The Kier molecular flexibility index (Phi) is 13.6. The monoisotopic (exact) mass is 226 g/mol. The Balaban J connectivity index is 0. The fourth-order valence-electron chi connectivity index (χ4n) is 0.615. The zero-order chi connectivity index (χ0) is 12.8. The highest BCUT2D eigenvalue weighted by atomic mass is 16.7. The van der Waals surface area contributed by atoms with E-state index < -0.39 is 6.16 Å². The van der Waals surface area contributed by atoms with Crippen molar-refractivity contribution in [2.75, 3.05) is 14.2 Å². The van der Waals surface area contributed by atoms with Crippen LogP contribution >= 0.6 is 0 Å². The number of hydrogen-bond acceptors (Lipinski definition) is 4. The van der Waals surface area contributed by atoms with Gasteiger partial charge in [0, 0.05) is 5.56 Å². The minimum absolute atomic E-state index is 0.657. The number of carbonyl (C=O) groups excluding carboxylic acids is 2. The first kappa shape index (κ1) is 16.6. The summed E-state index contributed by atoms with van der Waals surface area (Å²) >= 11 is 0. The van der Waals surface area contributed by atoms with Crippen molar-refractivity contribution in [3.8, 4) is 0 Å². The van der Waals surface area contributed by atoms with Crippen molar-refractivity contribution in [3.05, 3.63) is 35.9 Å². The van der Waals surface area contributed by atoms with Crippen LogP contribution in [0.3, 0.4) is 0 Å². The van der Waals surface area contributed by atoms with Gasteiger partial charge in [-0.1, -0.05) is 44.2 Å². The summed E-state index contributed by atoms with van der Waals surface area (Å²) in [5.41, 5.74) is 0.729. The minimum atomic E-state index is -0.657. The molecule has 1 aromatic carbocycles. The molecule has 0 fully saturated rings. The molecule has 0 saturated carbocycles. The van der Waals surface area contributed by atoms with Crippen molar-refractivity contribution in [3.63, 3.8) is 0 Å². The molecule has 0 bridgehead atoms. The van der Waals surface area contributed by atoms with Gasteiger partial charge in [0.15, 0.2) is 0 Å². The van der Waals surface area contributed by atoms with Crippen LogP contribution in [0.2, 0.25) is 0 Å². The van der Waals surface area contributed by atoms with E-state index >= 15 is 0 Å². The molecule has 0 N–H and O–H groups in total. The van der Waals surface area contributed by atoms with Crippen molar-refractivity contribution < 1.29 is 19.1 Å². The molecule has 0 atom stereocenters. The zero-order valence-electron chi connectivity index (χ0n) is 10.1. The number of benzene rings is 1. The second kappa shape index (κ2) is 13.2. The van der Waals surface area contributed by atoms with E-state index in [1.165, 1.54) is 14.2 Å². The molecule has 0 aliphatic carbocycles. The van der Waals surface area contributed by atoms with Crippen LogP contribution in [0.5, 0.6) is 0 Å². The van der Waals surface area contributed by atoms with E-state index in [1.807, 2.05) is 32.0 Å². The maximum Gasteiger partial charge on any atom is 0.507 e. The SMILES string of the molecule is CC.COC(=O)OC.O=Cc1ccccc1. The molecule has 0 unspecified atom stereocenters. The predicted octanol–water partition coefficient (Wildman–Crippen LogP) is 2.92. The summed E-state index contributed by atoms with van der Waals surface area (Å²) in [6.07, 6.45) is 0.176. The lowest BCUT2D eigenvalue weighted by Gasteiger charge is -1.89. The molecular weight excluding hydrogens is 208 g/mol. The largest absolute Gasteiger partial charge is 0.507 e. The molecule has 90 valence electrons. The second-order valence-corrected chi connectivity index (χ2v) is 2.19. The molecule has 16 heavy (non-hydrogen) atoms. The molecule has 0 aliphatic rings. The van der Waals surface area contributed by atoms with Crippen LogP contribution in [0, 0.1) is 0 Å². The van der Waals surface area contributed by atoms with E-state index in [-0.39, 0.29) is 0 Å². The lowest BCUT2D eigenvalue weighted by Crippen LogP contribution is -1.97. The number of hydrogen-bond donors (Lipinski definition) is 0. The van der Waals surface area contributed by atoms with Gasteiger partial charge >= 0.3 is 6.16 Å². The van der Waals surface area contributed by atoms with Crippen molar-refractivity contribution in [1.82, 2.24) is 0 Å². The number of aldehydes is 1. The van der Waals surface area contributed by atoms with Gasteiger partial charge in [0.25, 0.3) is 0 Å². The highest BCUT2D eigenvalue weighted by Gasteiger charge is 1.88. The molecule has 0 amide bonds. The molecule has 0 aromatic heterocycles. The molecule has 1 rings (SSSR count). The van der Waals surface area contributed by atoms with Crippen LogP contribution in [0.1, 0.15) is 24.2 Å². The van der Waals surface area contributed by atoms with Gasteiger partial charge in [-0.25, -0.2) is 4.79 Å². The summed E-state index contributed by atoms with van der Waals surface area (Å²) in [5, 5.41) is 0. The molecule has 0 spiro atoms. The normalized spacial score (nSPS) is 7.25. The quantitative estimate of drug-likeness (QED) is 0.545. The smallest absolute Gasteiger partial charge is 0.438 e. The highest BCUT2D eigenvalue weighted by molar-refractivity contribution is 5.74. The molecule has 0 radical (unpaired) electrons. The fourth-order valence-corrected chi connectivity index (χ4v) is 0.615. The molecule has 4 nitrogen and oxygen atoms in total. The number of rotatable bonds is 1. The Labute approximate surface area is 96.2 Å². The summed E-state index contributed by atoms with van der Waals surface area (Å²) in [6.45, 7) is 4.00. The van der Waals surface area contributed by atoms with Crippen molar-refractivity contribution in [2.24, 2.45) is 0 Å². The van der Waals surface area contributed by atoms with Gasteiger partial charge in [-0.15, -0.1) is 0 Å². The first-order valence-corrected chi connectivity index (χ1v) is 4.86. The number of methoxy groups -OCH3 is 2. The van der Waals surface area contributed by atoms with Gasteiger partial charge in [-0.05, 0) is 0 Å². The third-order valence-corrected chi connectivity index (χ3v) is 1.27. The Hall–Kier alpha value is -1.84. The lowest BCUT2D eigenvalue weighted by molar-refractivity contribution is 0.0924. The van der Waals surface area contributed by atoms with Crippen LogP contribution in [0.15, 0.2) is 30.3 Å². The Bertz CT molecular complexity index is 264. The van der Waals surface area contributed by atoms with Gasteiger partial charge < -0.3 is 9.47 Å². The van der Waals surface area contributed by atoms with E-state index in [9.17, 15) is 9.59 Å². The molecule has 0 aliphatic heterocycles. The molecule has 4 heteroatoms. The third kappa shape index (κ3) is 10.2.